The number of nitrogens with one attached hydrogen (secondary N) is 1. The molecule has 3 rings (SSSR count). The molecule has 2 aromatic carbocycles. The van der Waals surface area contributed by atoms with E-state index in [0.717, 1.165) is 39.1 Å². The van der Waals surface area contributed by atoms with E-state index >= 15 is 0 Å². The van der Waals surface area contributed by atoms with Crippen molar-refractivity contribution in [3.05, 3.63) is 69.2 Å². The van der Waals surface area contributed by atoms with Gasteiger partial charge < -0.3 is 5.32 Å². The molecule has 0 aromatic heterocycles. The monoisotopic (exact) mass is 402 g/mol. The molecule has 148 valence electrons. The van der Waals surface area contributed by atoms with Crippen LogP contribution in [0.25, 0.3) is 0 Å². The van der Waals surface area contributed by atoms with E-state index in [1.807, 2.05) is 18.2 Å². The van der Waals surface area contributed by atoms with Crippen molar-refractivity contribution in [1.82, 2.24) is 9.80 Å². The number of hydrogen-bond acceptors (Lipinski definition) is 5. The van der Waals surface area contributed by atoms with E-state index in [2.05, 4.69) is 27.2 Å². The Morgan fingerprint density at radius 2 is 1.79 bits per heavy atom. The Bertz CT molecular complexity index is 831. The van der Waals surface area contributed by atoms with Crippen molar-refractivity contribution in [1.29, 1.82) is 0 Å². The number of amides is 1. The number of benzene rings is 2. The van der Waals surface area contributed by atoms with Gasteiger partial charge in [-0.1, -0.05) is 41.9 Å². The van der Waals surface area contributed by atoms with E-state index < -0.39 is 4.92 Å². The second kappa shape index (κ2) is 9.64. The van der Waals surface area contributed by atoms with Crippen LogP contribution in [0.4, 0.5) is 11.4 Å². The predicted octanol–water partition coefficient (Wildman–Crippen LogP) is 3.39. The lowest BCUT2D eigenvalue weighted by Gasteiger charge is -2.21. The van der Waals surface area contributed by atoms with Crippen molar-refractivity contribution in [3.8, 4) is 0 Å². The largest absolute Gasteiger partial charge is 0.325 e. The molecule has 0 bridgehead atoms. The minimum atomic E-state index is -0.561. The minimum Gasteiger partial charge on any atom is -0.325 e. The Morgan fingerprint density at radius 1 is 1.07 bits per heavy atom. The molecule has 1 aliphatic heterocycles. The number of nitro groups is 1. The summed E-state index contributed by atoms with van der Waals surface area (Å²) < 4.78 is 0. The van der Waals surface area contributed by atoms with Gasteiger partial charge in [0, 0.05) is 31.4 Å². The van der Waals surface area contributed by atoms with Crippen LogP contribution in [-0.4, -0.2) is 53.4 Å². The zero-order valence-electron chi connectivity index (χ0n) is 15.5. The van der Waals surface area contributed by atoms with Gasteiger partial charge in [-0.25, -0.2) is 0 Å². The quantitative estimate of drug-likeness (QED) is 0.591. The van der Waals surface area contributed by atoms with E-state index in [0.29, 0.717) is 5.69 Å². The average Bonchev–Trinajstić information content (AvgIpc) is 2.89. The van der Waals surface area contributed by atoms with Crippen molar-refractivity contribution in [3.63, 3.8) is 0 Å². The maximum absolute atomic E-state index is 12.4. The van der Waals surface area contributed by atoms with Crippen LogP contribution < -0.4 is 5.32 Å². The summed E-state index contributed by atoms with van der Waals surface area (Å²) in [7, 11) is 0. The number of anilines is 1. The fourth-order valence-electron chi connectivity index (χ4n) is 3.32. The molecule has 1 aliphatic rings. The molecule has 1 saturated heterocycles. The highest BCUT2D eigenvalue weighted by atomic mass is 35.5. The lowest BCUT2D eigenvalue weighted by Crippen LogP contribution is -2.36. The maximum Gasteiger partial charge on any atom is 0.289 e. The first-order valence-electron chi connectivity index (χ1n) is 9.24. The number of nitro benzene ring substituents is 1. The predicted molar refractivity (Wildman–Crippen MR) is 110 cm³/mol. The SMILES string of the molecule is O=C(CN1CCCN(Cc2ccccc2)CC1)Nc1ccc(Cl)c([N+](=O)[O-])c1. The van der Waals surface area contributed by atoms with E-state index in [9.17, 15) is 14.9 Å². The highest BCUT2D eigenvalue weighted by Crippen LogP contribution is 2.27. The molecule has 8 heteroatoms. The minimum absolute atomic E-state index is 0.0500. The molecule has 0 saturated carbocycles. The van der Waals surface area contributed by atoms with Crippen molar-refractivity contribution in [2.45, 2.75) is 13.0 Å². The summed E-state index contributed by atoms with van der Waals surface area (Å²) in [4.78, 5) is 27.3. The Labute approximate surface area is 169 Å². The number of hydrogen-bond donors (Lipinski definition) is 1. The molecule has 1 fully saturated rings. The van der Waals surface area contributed by atoms with Gasteiger partial charge in [-0.05, 0) is 37.2 Å². The summed E-state index contributed by atoms with van der Waals surface area (Å²) in [5.41, 5.74) is 1.45. The molecule has 0 unspecified atom stereocenters. The summed E-state index contributed by atoms with van der Waals surface area (Å²) in [6, 6.07) is 14.6. The molecular weight excluding hydrogens is 380 g/mol. The summed E-state index contributed by atoms with van der Waals surface area (Å²) in [5, 5.41) is 13.7. The van der Waals surface area contributed by atoms with Crippen molar-refractivity contribution < 1.29 is 9.72 Å². The molecule has 0 aliphatic carbocycles. The average molecular weight is 403 g/mol. The van der Waals surface area contributed by atoms with Gasteiger partial charge in [-0.15, -0.1) is 0 Å². The van der Waals surface area contributed by atoms with Gasteiger partial charge in [-0.2, -0.15) is 0 Å². The first kappa shape index (κ1) is 20.3. The van der Waals surface area contributed by atoms with Crippen LogP contribution in [0.15, 0.2) is 48.5 Å². The van der Waals surface area contributed by atoms with Gasteiger partial charge in [0.25, 0.3) is 5.69 Å². The van der Waals surface area contributed by atoms with Gasteiger partial charge in [0.2, 0.25) is 5.91 Å². The summed E-state index contributed by atoms with van der Waals surface area (Å²) in [6.45, 7) is 4.72. The maximum atomic E-state index is 12.4. The smallest absolute Gasteiger partial charge is 0.289 e. The van der Waals surface area contributed by atoms with Crippen LogP contribution in [-0.2, 0) is 11.3 Å². The van der Waals surface area contributed by atoms with E-state index in [4.69, 9.17) is 11.6 Å². The third-order valence-electron chi connectivity index (χ3n) is 4.72. The van der Waals surface area contributed by atoms with Crippen LogP contribution in [0.1, 0.15) is 12.0 Å². The first-order valence-corrected chi connectivity index (χ1v) is 9.61. The lowest BCUT2D eigenvalue weighted by molar-refractivity contribution is -0.384. The fourth-order valence-corrected chi connectivity index (χ4v) is 3.50. The topological polar surface area (TPSA) is 78.7 Å². The summed E-state index contributed by atoms with van der Waals surface area (Å²) in [6.07, 6.45) is 0.993. The molecule has 1 N–H and O–H groups in total. The molecule has 0 spiro atoms. The molecular formula is C20H23ClN4O3. The third kappa shape index (κ3) is 5.76. The van der Waals surface area contributed by atoms with Crippen LogP contribution in [0.2, 0.25) is 5.02 Å². The second-order valence-electron chi connectivity index (χ2n) is 6.86. The highest BCUT2D eigenvalue weighted by molar-refractivity contribution is 6.32. The summed E-state index contributed by atoms with van der Waals surface area (Å²) >= 11 is 5.81. The molecule has 1 heterocycles. The van der Waals surface area contributed by atoms with E-state index in [1.54, 1.807) is 6.07 Å². The number of carbonyl (C=O) groups excluding carboxylic acids is 1. The van der Waals surface area contributed by atoms with Crippen molar-refractivity contribution >= 4 is 28.9 Å². The zero-order chi connectivity index (χ0) is 19.9. The van der Waals surface area contributed by atoms with Crippen molar-refractivity contribution in [2.75, 3.05) is 38.0 Å². The Balaban J connectivity index is 1.51. The van der Waals surface area contributed by atoms with Gasteiger partial charge in [-0.3, -0.25) is 24.7 Å². The molecule has 1 amide bonds. The van der Waals surface area contributed by atoms with Gasteiger partial charge in [0.05, 0.1) is 11.5 Å². The Morgan fingerprint density at radius 3 is 2.54 bits per heavy atom. The van der Waals surface area contributed by atoms with E-state index in [-0.39, 0.29) is 23.2 Å². The van der Waals surface area contributed by atoms with Gasteiger partial charge >= 0.3 is 0 Å². The highest BCUT2D eigenvalue weighted by Gasteiger charge is 2.18. The molecule has 2 aromatic rings. The number of nitrogens with zero attached hydrogens (tertiary/aromatic N) is 3. The Hall–Kier alpha value is -2.48. The van der Waals surface area contributed by atoms with Crippen LogP contribution >= 0.6 is 11.6 Å². The standard InChI is InChI=1S/C20H23ClN4O3/c21-18-8-7-17(13-19(18)25(27)28)22-20(26)15-24-10-4-9-23(11-12-24)14-16-5-2-1-3-6-16/h1-3,5-8,13H,4,9-12,14-15H2,(H,22,26). The summed E-state index contributed by atoms with van der Waals surface area (Å²) in [5.74, 6) is -0.187. The zero-order valence-corrected chi connectivity index (χ0v) is 16.3. The molecule has 28 heavy (non-hydrogen) atoms. The molecule has 7 nitrogen and oxygen atoms in total. The van der Waals surface area contributed by atoms with Crippen LogP contribution in [0.5, 0.6) is 0 Å². The number of halogens is 1. The molecule has 0 atom stereocenters. The normalized spacial score (nSPS) is 15.8. The number of rotatable bonds is 6. The van der Waals surface area contributed by atoms with Crippen LogP contribution in [0.3, 0.4) is 0 Å². The second-order valence-corrected chi connectivity index (χ2v) is 7.27. The van der Waals surface area contributed by atoms with Crippen molar-refractivity contribution in [2.24, 2.45) is 0 Å². The lowest BCUT2D eigenvalue weighted by atomic mass is 10.2. The fraction of sp³-hybridized carbons (Fsp3) is 0.350. The molecule has 0 radical (unpaired) electrons. The van der Waals surface area contributed by atoms with E-state index in [1.165, 1.54) is 17.7 Å². The number of carbonyl (C=O) groups is 1. The van der Waals surface area contributed by atoms with Gasteiger partial charge in [0.15, 0.2) is 0 Å². The Kier molecular flexibility index (Phi) is 6.97. The first-order chi connectivity index (χ1) is 13.5. The third-order valence-corrected chi connectivity index (χ3v) is 5.04. The van der Waals surface area contributed by atoms with Crippen LogP contribution in [0, 0.1) is 10.1 Å². The van der Waals surface area contributed by atoms with Gasteiger partial charge in [0.1, 0.15) is 5.02 Å².